The van der Waals surface area contributed by atoms with Crippen LogP contribution in [0, 0.1) is 0 Å². The second-order valence-corrected chi connectivity index (χ2v) is 5.43. The molecule has 1 atom stereocenters. The van der Waals surface area contributed by atoms with E-state index in [4.69, 9.17) is 9.47 Å². The largest absolute Gasteiger partial charge is 0.381 e. The zero-order valence-electron chi connectivity index (χ0n) is 11.2. The van der Waals surface area contributed by atoms with Crippen LogP contribution >= 0.6 is 0 Å². The van der Waals surface area contributed by atoms with Crippen molar-refractivity contribution in [3.63, 3.8) is 0 Å². The molecule has 0 aliphatic carbocycles. The topological polar surface area (TPSA) is 56.3 Å². The summed E-state index contributed by atoms with van der Waals surface area (Å²) >= 11 is 0. The highest BCUT2D eigenvalue weighted by Gasteiger charge is 2.38. The van der Waals surface area contributed by atoms with Crippen LogP contribution in [0.25, 0.3) is 0 Å². The maximum atomic E-state index is 6.04. The number of rotatable bonds is 3. The molecule has 0 radical (unpaired) electrons. The van der Waals surface area contributed by atoms with Gasteiger partial charge in [-0.3, -0.25) is 0 Å². The fraction of sp³-hybridized carbons (Fsp3) is 0.714. The molecule has 19 heavy (non-hydrogen) atoms. The zero-order valence-corrected chi connectivity index (χ0v) is 11.2. The van der Waals surface area contributed by atoms with Gasteiger partial charge in [0.2, 0.25) is 0 Å². The summed E-state index contributed by atoms with van der Waals surface area (Å²) in [6, 6.07) is 4.44. The lowest BCUT2D eigenvalue weighted by Crippen LogP contribution is -2.49. The fourth-order valence-electron chi connectivity index (χ4n) is 2.97. The van der Waals surface area contributed by atoms with Crippen LogP contribution in [0.15, 0.2) is 18.3 Å². The molecule has 3 rings (SSSR count). The average molecular weight is 263 g/mol. The number of ether oxygens (including phenoxy) is 2. The van der Waals surface area contributed by atoms with E-state index in [1.807, 2.05) is 12.1 Å². The van der Waals surface area contributed by atoms with Gasteiger partial charge < -0.3 is 14.8 Å². The van der Waals surface area contributed by atoms with Crippen molar-refractivity contribution >= 4 is 0 Å². The number of hydrogen-bond acceptors (Lipinski definition) is 5. The minimum absolute atomic E-state index is 0.0521. The summed E-state index contributed by atoms with van der Waals surface area (Å²) in [4.78, 5) is 0. The van der Waals surface area contributed by atoms with Gasteiger partial charge in [0.25, 0.3) is 0 Å². The van der Waals surface area contributed by atoms with Gasteiger partial charge in [-0.15, -0.1) is 0 Å². The Morgan fingerprint density at radius 2 is 2.21 bits per heavy atom. The molecule has 3 heterocycles. The van der Waals surface area contributed by atoms with E-state index >= 15 is 0 Å². The zero-order chi connectivity index (χ0) is 13.0. The highest BCUT2D eigenvalue weighted by Crippen LogP contribution is 2.34. The smallest absolute Gasteiger partial charge is 0.0769 e. The molecule has 0 bridgehead atoms. The van der Waals surface area contributed by atoms with Gasteiger partial charge in [0.05, 0.1) is 11.3 Å². The molecule has 1 spiro atoms. The first-order valence-corrected chi connectivity index (χ1v) is 7.08. The summed E-state index contributed by atoms with van der Waals surface area (Å²) < 4.78 is 11.5. The van der Waals surface area contributed by atoms with E-state index in [1.165, 1.54) is 0 Å². The predicted molar refractivity (Wildman–Crippen MR) is 70.6 cm³/mol. The molecule has 5 heteroatoms. The highest BCUT2D eigenvalue weighted by molar-refractivity contribution is 4.99. The highest BCUT2D eigenvalue weighted by atomic mass is 16.5. The Balaban J connectivity index is 1.53. The van der Waals surface area contributed by atoms with Gasteiger partial charge in [-0.25, -0.2) is 0 Å². The lowest BCUT2D eigenvalue weighted by molar-refractivity contribution is -0.140. The van der Waals surface area contributed by atoms with Crippen molar-refractivity contribution in [2.24, 2.45) is 0 Å². The summed E-state index contributed by atoms with van der Waals surface area (Å²) in [5.41, 5.74) is 1.05. The maximum Gasteiger partial charge on any atom is 0.0769 e. The molecule has 0 saturated carbocycles. The maximum absolute atomic E-state index is 6.04. The Morgan fingerprint density at radius 3 is 3.00 bits per heavy atom. The number of nitrogens with one attached hydrogen (secondary N) is 1. The molecule has 1 aromatic heterocycles. The van der Waals surface area contributed by atoms with Crippen LogP contribution in [-0.4, -0.2) is 41.7 Å². The standard InChI is InChI=1S/C14H21N3O2/c1-2-13(17-16-6-1)11-15-12-3-7-19-14(10-12)4-8-18-9-5-14/h1-2,6,12,15H,3-5,7-11H2. The first kappa shape index (κ1) is 13.0. The van der Waals surface area contributed by atoms with Crippen molar-refractivity contribution in [3.05, 3.63) is 24.0 Å². The third kappa shape index (κ3) is 3.29. The molecule has 2 aliphatic heterocycles. The number of aromatic nitrogens is 2. The second kappa shape index (κ2) is 5.94. The minimum atomic E-state index is 0.0521. The van der Waals surface area contributed by atoms with Crippen molar-refractivity contribution in [1.29, 1.82) is 0 Å². The fourth-order valence-corrected chi connectivity index (χ4v) is 2.97. The van der Waals surface area contributed by atoms with Gasteiger partial charge in [-0.05, 0) is 37.8 Å². The van der Waals surface area contributed by atoms with E-state index in [0.717, 1.165) is 57.7 Å². The Bertz CT molecular complexity index is 387. The van der Waals surface area contributed by atoms with Crippen LogP contribution in [0.4, 0.5) is 0 Å². The molecule has 5 nitrogen and oxygen atoms in total. The SMILES string of the molecule is c1cnnc(CNC2CCOC3(CCOCC3)C2)c1. The molecule has 2 fully saturated rings. The van der Waals surface area contributed by atoms with Gasteiger partial charge in [-0.2, -0.15) is 10.2 Å². The monoisotopic (exact) mass is 263 g/mol. The molecular formula is C14H21N3O2. The van der Waals surface area contributed by atoms with Gasteiger partial charge in [0.15, 0.2) is 0 Å². The second-order valence-electron chi connectivity index (χ2n) is 5.43. The third-order valence-corrected chi connectivity index (χ3v) is 4.10. The molecule has 1 N–H and O–H groups in total. The molecule has 1 aromatic rings. The normalized spacial score (nSPS) is 26.4. The number of nitrogens with zero attached hydrogens (tertiary/aromatic N) is 2. The van der Waals surface area contributed by atoms with Gasteiger partial charge >= 0.3 is 0 Å². The Labute approximate surface area is 113 Å². The van der Waals surface area contributed by atoms with Crippen LogP contribution in [-0.2, 0) is 16.0 Å². The van der Waals surface area contributed by atoms with Crippen molar-refractivity contribution < 1.29 is 9.47 Å². The van der Waals surface area contributed by atoms with Crippen molar-refractivity contribution in [1.82, 2.24) is 15.5 Å². The van der Waals surface area contributed by atoms with Gasteiger partial charge in [0.1, 0.15) is 0 Å². The van der Waals surface area contributed by atoms with E-state index < -0.39 is 0 Å². The van der Waals surface area contributed by atoms with Crippen molar-refractivity contribution in [3.8, 4) is 0 Å². The molecule has 0 amide bonds. The first-order chi connectivity index (χ1) is 9.36. The minimum Gasteiger partial charge on any atom is -0.381 e. The quantitative estimate of drug-likeness (QED) is 0.890. The van der Waals surface area contributed by atoms with Crippen molar-refractivity contribution in [2.45, 2.75) is 43.9 Å². The van der Waals surface area contributed by atoms with Crippen LogP contribution in [0.3, 0.4) is 0 Å². The lowest BCUT2D eigenvalue weighted by Gasteiger charge is -2.43. The predicted octanol–water partition coefficient (Wildman–Crippen LogP) is 1.29. The van der Waals surface area contributed by atoms with E-state index in [2.05, 4.69) is 15.5 Å². The average Bonchev–Trinajstić information content (AvgIpc) is 2.47. The molecule has 0 aromatic carbocycles. The van der Waals surface area contributed by atoms with Gasteiger partial charge in [-0.1, -0.05) is 0 Å². The first-order valence-electron chi connectivity index (χ1n) is 7.08. The Hall–Kier alpha value is -1.04. The Morgan fingerprint density at radius 1 is 1.32 bits per heavy atom. The number of hydrogen-bond donors (Lipinski definition) is 1. The van der Waals surface area contributed by atoms with E-state index in [9.17, 15) is 0 Å². The van der Waals surface area contributed by atoms with Crippen LogP contribution < -0.4 is 5.32 Å². The van der Waals surface area contributed by atoms with Crippen LogP contribution in [0.1, 0.15) is 31.4 Å². The Kier molecular flexibility index (Phi) is 4.06. The van der Waals surface area contributed by atoms with E-state index in [1.54, 1.807) is 6.20 Å². The summed E-state index contributed by atoms with van der Waals surface area (Å²) in [5.74, 6) is 0. The molecule has 1 unspecified atom stereocenters. The molecule has 2 aliphatic rings. The van der Waals surface area contributed by atoms with Crippen LogP contribution in [0.2, 0.25) is 0 Å². The van der Waals surface area contributed by atoms with E-state index in [-0.39, 0.29) is 5.60 Å². The molecule has 104 valence electrons. The molecule has 2 saturated heterocycles. The summed E-state index contributed by atoms with van der Waals surface area (Å²) in [7, 11) is 0. The van der Waals surface area contributed by atoms with Crippen LogP contribution in [0.5, 0.6) is 0 Å². The van der Waals surface area contributed by atoms with Crippen molar-refractivity contribution in [2.75, 3.05) is 19.8 Å². The summed E-state index contributed by atoms with van der Waals surface area (Å²) in [6.07, 6.45) is 5.90. The molecular weight excluding hydrogens is 242 g/mol. The van der Waals surface area contributed by atoms with Gasteiger partial charge in [0, 0.05) is 38.6 Å². The lowest BCUT2D eigenvalue weighted by atomic mass is 9.84. The third-order valence-electron chi connectivity index (χ3n) is 4.10. The summed E-state index contributed by atoms with van der Waals surface area (Å²) in [6.45, 7) is 3.29. The van der Waals surface area contributed by atoms with E-state index in [0.29, 0.717) is 6.04 Å². The summed E-state index contributed by atoms with van der Waals surface area (Å²) in [5, 5.41) is 11.6.